The highest BCUT2D eigenvalue weighted by Gasteiger charge is 2.44. The minimum atomic E-state index is -5.13. The average molecular weight is 609 g/mol. The minimum absolute atomic E-state index is 0.00816. The first-order valence-corrected chi connectivity index (χ1v) is 16.8. The summed E-state index contributed by atoms with van der Waals surface area (Å²) in [4.78, 5) is 39.4. The second-order valence-corrected chi connectivity index (χ2v) is 17.1. The van der Waals surface area contributed by atoms with Crippen molar-refractivity contribution in [3.05, 3.63) is 68.5 Å². The van der Waals surface area contributed by atoms with Crippen LogP contribution in [0.3, 0.4) is 0 Å². The van der Waals surface area contributed by atoms with Gasteiger partial charge in [-0.25, -0.2) is 4.79 Å². The lowest BCUT2D eigenvalue weighted by atomic mass is 10.1. The summed E-state index contributed by atoms with van der Waals surface area (Å²) in [5.41, 5.74) is -4.76. The van der Waals surface area contributed by atoms with Crippen molar-refractivity contribution in [2.75, 3.05) is 13.2 Å². The topological polar surface area (TPSA) is 88.8 Å². The molecule has 1 saturated heterocycles. The smallest absolute Gasteiger partial charge is 0.414 e. The van der Waals surface area contributed by atoms with Gasteiger partial charge in [0.25, 0.3) is 11.5 Å². The van der Waals surface area contributed by atoms with Gasteiger partial charge in [-0.3, -0.25) is 14.2 Å². The first-order valence-electron chi connectivity index (χ1n) is 13.9. The predicted molar refractivity (Wildman–Crippen MR) is 155 cm³/mol. The van der Waals surface area contributed by atoms with Gasteiger partial charge in [-0.05, 0) is 36.2 Å². The molecule has 12 heteroatoms. The molecule has 0 radical (unpaired) electrons. The Kier molecular flexibility index (Phi) is 10.5. The summed E-state index contributed by atoms with van der Waals surface area (Å²) in [5, 5.41) is -0.116. The maximum Gasteiger partial charge on any atom is 0.423 e. The van der Waals surface area contributed by atoms with Gasteiger partial charge < -0.3 is 13.9 Å². The highest BCUT2D eigenvalue weighted by atomic mass is 28.4. The molecule has 2 heterocycles. The molecule has 1 aromatic carbocycles. The molecular weight excluding hydrogens is 569 g/mol. The molecule has 42 heavy (non-hydrogen) atoms. The van der Waals surface area contributed by atoms with Gasteiger partial charge in [0.05, 0.1) is 12.7 Å². The number of carbonyl (C=O) groups excluding carboxylic acids is 1. The molecule has 3 atom stereocenters. The highest BCUT2D eigenvalue weighted by molar-refractivity contribution is 6.74. The number of nitrogens with zero attached hydrogens (tertiary/aromatic N) is 2. The van der Waals surface area contributed by atoms with Crippen LogP contribution in [-0.2, 0) is 20.1 Å². The Hall–Kier alpha value is -2.98. The summed E-state index contributed by atoms with van der Waals surface area (Å²) in [5.74, 6) is 5.17. The second kappa shape index (κ2) is 13.1. The summed E-state index contributed by atoms with van der Waals surface area (Å²) in [6.07, 6.45) is -6.71. The third kappa shape index (κ3) is 7.89. The number of hydrogen-bond acceptors (Lipinski definition) is 6. The van der Waals surface area contributed by atoms with Gasteiger partial charge in [-0.1, -0.05) is 58.7 Å². The van der Waals surface area contributed by atoms with Crippen LogP contribution in [0.25, 0.3) is 0 Å². The van der Waals surface area contributed by atoms with Gasteiger partial charge in [-0.2, -0.15) is 17.7 Å². The Morgan fingerprint density at radius 3 is 2.33 bits per heavy atom. The van der Waals surface area contributed by atoms with E-state index in [1.165, 1.54) is 24.3 Å². The molecule has 230 valence electrons. The first-order chi connectivity index (χ1) is 19.4. The zero-order valence-electron chi connectivity index (χ0n) is 25.1. The zero-order valence-corrected chi connectivity index (χ0v) is 26.1. The van der Waals surface area contributed by atoms with Gasteiger partial charge in [0.1, 0.15) is 24.5 Å². The molecule has 2 aromatic rings. The lowest BCUT2D eigenvalue weighted by Gasteiger charge is -2.37. The molecule has 1 fully saturated rings. The van der Waals surface area contributed by atoms with E-state index in [1.807, 2.05) is 13.8 Å². The van der Waals surface area contributed by atoms with Gasteiger partial charge in [0.15, 0.2) is 8.32 Å². The molecule has 0 spiro atoms. The first kappa shape index (κ1) is 33.5. The number of benzene rings is 1. The molecule has 8 nitrogen and oxygen atoms in total. The third-order valence-electron chi connectivity index (χ3n) is 7.55. The van der Waals surface area contributed by atoms with Crippen molar-refractivity contribution in [1.82, 2.24) is 9.13 Å². The molecular formula is C30H39F3N2O6Si. The normalized spacial score (nSPS) is 19.5. The van der Waals surface area contributed by atoms with E-state index in [2.05, 4.69) is 45.7 Å². The van der Waals surface area contributed by atoms with Crippen molar-refractivity contribution in [3.8, 4) is 11.8 Å². The largest absolute Gasteiger partial charge is 0.423 e. The fourth-order valence-electron chi connectivity index (χ4n) is 4.04. The van der Waals surface area contributed by atoms with E-state index >= 15 is 0 Å². The Morgan fingerprint density at radius 2 is 1.76 bits per heavy atom. The number of halogens is 3. The number of ether oxygens (including phenoxy) is 2. The molecule has 0 unspecified atom stereocenters. The molecule has 0 amide bonds. The molecule has 1 aliphatic rings. The molecule has 0 aliphatic carbocycles. The molecule has 0 saturated carbocycles. The highest BCUT2D eigenvalue weighted by Crippen LogP contribution is 2.38. The molecule has 0 N–H and O–H groups in total. The average Bonchev–Trinajstić information content (AvgIpc) is 3.29. The number of hydrogen-bond donors (Lipinski definition) is 0. The van der Waals surface area contributed by atoms with Crippen molar-refractivity contribution in [1.29, 1.82) is 0 Å². The van der Waals surface area contributed by atoms with Crippen molar-refractivity contribution in [2.45, 2.75) is 90.2 Å². The number of alkyl halides is 3. The number of aromatic nitrogens is 2. The van der Waals surface area contributed by atoms with Crippen LogP contribution in [0.2, 0.25) is 18.1 Å². The summed E-state index contributed by atoms with van der Waals surface area (Å²) in [6, 6.07) is 7.16. The van der Waals surface area contributed by atoms with Crippen LogP contribution in [0, 0.1) is 17.8 Å². The van der Waals surface area contributed by atoms with Gasteiger partial charge in [0.2, 0.25) is 0 Å². The van der Waals surface area contributed by atoms with Gasteiger partial charge in [-0.15, -0.1) is 5.92 Å². The summed E-state index contributed by atoms with van der Waals surface area (Å²) >= 11 is 0. The minimum Gasteiger partial charge on any atom is -0.414 e. The molecule has 0 bridgehead atoms. The van der Waals surface area contributed by atoms with E-state index in [0.29, 0.717) is 23.1 Å². The van der Waals surface area contributed by atoms with Crippen LogP contribution in [0.1, 0.15) is 69.6 Å². The third-order valence-corrected chi connectivity index (χ3v) is 12.1. The second-order valence-electron chi connectivity index (χ2n) is 12.3. The van der Waals surface area contributed by atoms with Crippen LogP contribution < -0.4 is 11.2 Å². The number of carbonyl (C=O) groups is 1. The van der Waals surface area contributed by atoms with E-state index in [9.17, 15) is 27.6 Å². The Balaban J connectivity index is 2.02. The number of rotatable bonds is 8. The molecule has 1 aromatic heterocycles. The van der Waals surface area contributed by atoms with Crippen LogP contribution in [0.4, 0.5) is 13.2 Å². The van der Waals surface area contributed by atoms with E-state index < -0.39 is 55.6 Å². The van der Waals surface area contributed by atoms with E-state index in [1.54, 1.807) is 6.07 Å². The Labute approximate surface area is 244 Å². The lowest BCUT2D eigenvalue weighted by molar-refractivity contribution is -0.139. The molecule has 1 aliphatic heterocycles. The SMILES string of the molecule is CC(C)CC#CCO[C@H]1C[C@H](n2cc(C(F)(F)F)c(=O)n(C(=O)c3ccccc3)c2=O)O[C@@H]1CO[Si](C)(C)C(C)(C)C. The van der Waals surface area contributed by atoms with E-state index in [4.69, 9.17) is 13.9 Å². The van der Waals surface area contributed by atoms with Crippen LogP contribution in [-0.4, -0.2) is 48.8 Å². The van der Waals surface area contributed by atoms with Gasteiger partial charge in [0, 0.05) is 24.6 Å². The fourth-order valence-corrected chi connectivity index (χ4v) is 5.06. The lowest BCUT2D eigenvalue weighted by Crippen LogP contribution is -2.47. The fraction of sp³-hybridized carbons (Fsp3) is 0.567. The monoisotopic (exact) mass is 608 g/mol. The quantitative estimate of drug-likeness (QED) is 0.292. The van der Waals surface area contributed by atoms with Gasteiger partial charge >= 0.3 is 11.9 Å². The van der Waals surface area contributed by atoms with Crippen LogP contribution >= 0.6 is 0 Å². The zero-order chi connectivity index (χ0) is 31.5. The van der Waals surface area contributed by atoms with Crippen LogP contribution in [0.5, 0.6) is 0 Å². The van der Waals surface area contributed by atoms with Crippen LogP contribution in [0.15, 0.2) is 46.1 Å². The summed E-state index contributed by atoms with van der Waals surface area (Å²) in [6.45, 7) is 14.5. The Bertz CT molecular complexity index is 1430. The van der Waals surface area contributed by atoms with Crippen molar-refractivity contribution >= 4 is 14.2 Å². The summed E-state index contributed by atoms with van der Waals surface area (Å²) < 4.78 is 60.9. The standard InChI is InChI=1S/C30H39F3N2O6Si/c1-20(2)13-11-12-16-39-23-17-25(41-24(23)19-40-42(6,7)29(3,4)5)34-18-22(30(31,32)33)27(37)35(28(34)38)26(36)21-14-9-8-10-15-21/h8-10,14-15,18,20,23-25H,13,16-17,19H2,1-7H3/t23-,24+,25+/m0/s1. The van der Waals surface area contributed by atoms with Crippen molar-refractivity contribution in [3.63, 3.8) is 0 Å². The van der Waals surface area contributed by atoms with Crippen molar-refractivity contribution in [2.24, 2.45) is 5.92 Å². The Morgan fingerprint density at radius 1 is 1.12 bits per heavy atom. The maximum atomic E-state index is 14.0. The summed E-state index contributed by atoms with van der Waals surface area (Å²) in [7, 11) is -2.24. The molecule has 3 rings (SSSR count). The predicted octanol–water partition coefficient (Wildman–Crippen LogP) is 5.46. The van der Waals surface area contributed by atoms with E-state index in [-0.39, 0.29) is 34.8 Å². The van der Waals surface area contributed by atoms with Crippen molar-refractivity contribution < 1.29 is 31.9 Å². The van der Waals surface area contributed by atoms with E-state index in [0.717, 1.165) is 0 Å². The maximum absolute atomic E-state index is 14.0.